The average molecular weight is 444 g/mol. The molecule has 1 fully saturated rings. The molecule has 2 heterocycles. The highest BCUT2D eigenvalue weighted by molar-refractivity contribution is 6.04. The number of hydrogen-bond acceptors (Lipinski definition) is 4. The van der Waals surface area contributed by atoms with Crippen molar-refractivity contribution >= 4 is 22.9 Å². The first kappa shape index (κ1) is 22.6. The summed E-state index contributed by atoms with van der Waals surface area (Å²) in [6.45, 7) is 6.40. The van der Waals surface area contributed by atoms with E-state index in [-0.39, 0.29) is 17.6 Å². The molecule has 2 aromatic carbocycles. The molecular formula is C27H29N3O3. The lowest BCUT2D eigenvalue weighted by molar-refractivity contribution is -0.117. The highest BCUT2D eigenvalue weighted by Gasteiger charge is 2.18. The number of hydrogen-bond donors (Lipinski definition) is 1. The Morgan fingerprint density at radius 1 is 1.30 bits per heavy atom. The molecule has 0 spiro atoms. The van der Waals surface area contributed by atoms with Crippen LogP contribution < -0.4 is 10.1 Å². The van der Waals surface area contributed by atoms with E-state index in [9.17, 15) is 10.1 Å². The van der Waals surface area contributed by atoms with E-state index < -0.39 is 0 Å². The molecule has 0 saturated carbocycles. The van der Waals surface area contributed by atoms with Crippen molar-refractivity contribution in [1.29, 1.82) is 5.26 Å². The topological polar surface area (TPSA) is 76.3 Å². The van der Waals surface area contributed by atoms with Crippen molar-refractivity contribution in [2.45, 2.75) is 39.3 Å². The first-order chi connectivity index (χ1) is 16.0. The lowest BCUT2D eigenvalue weighted by atomic mass is 10.1. The first-order valence-electron chi connectivity index (χ1n) is 11.3. The zero-order valence-corrected chi connectivity index (χ0v) is 19.1. The molecule has 3 aromatic rings. The molecule has 170 valence electrons. The lowest BCUT2D eigenvalue weighted by Crippen LogP contribution is -2.32. The van der Waals surface area contributed by atoms with Crippen LogP contribution >= 0.6 is 0 Å². The van der Waals surface area contributed by atoms with Gasteiger partial charge in [-0.25, -0.2) is 0 Å². The summed E-state index contributed by atoms with van der Waals surface area (Å²) >= 11 is 0. The van der Waals surface area contributed by atoms with Crippen molar-refractivity contribution in [2.75, 3.05) is 19.8 Å². The van der Waals surface area contributed by atoms with Crippen LogP contribution in [-0.4, -0.2) is 36.3 Å². The predicted molar refractivity (Wildman–Crippen MR) is 129 cm³/mol. The van der Waals surface area contributed by atoms with Crippen LogP contribution in [-0.2, 0) is 16.1 Å². The van der Waals surface area contributed by atoms with E-state index in [1.807, 2.05) is 50.4 Å². The predicted octanol–water partition coefficient (Wildman–Crippen LogP) is 4.54. The van der Waals surface area contributed by atoms with Crippen molar-refractivity contribution in [3.63, 3.8) is 0 Å². The van der Waals surface area contributed by atoms with Gasteiger partial charge in [-0.15, -0.1) is 0 Å². The summed E-state index contributed by atoms with van der Waals surface area (Å²) in [4.78, 5) is 12.6. The van der Waals surface area contributed by atoms with Crippen molar-refractivity contribution < 1.29 is 14.3 Å². The van der Waals surface area contributed by atoms with Gasteiger partial charge in [-0.2, -0.15) is 5.26 Å². The minimum atomic E-state index is -0.372. The van der Waals surface area contributed by atoms with Crippen LogP contribution in [0.3, 0.4) is 0 Å². The zero-order valence-electron chi connectivity index (χ0n) is 19.1. The van der Waals surface area contributed by atoms with Crippen LogP contribution in [0.25, 0.3) is 17.0 Å². The average Bonchev–Trinajstić information content (AvgIpc) is 3.46. The molecule has 1 aromatic heterocycles. The Balaban J connectivity index is 1.50. The van der Waals surface area contributed by atoms with Gasteiger partial charge in [-0.3, -0.25) is 4.79 Å². The molecule has 6 heteroatoms. The molecule has 0 unspecified atom stereocenters. The Hall–Kier alpha value is -3.56. The number of nitrogens with one attached hydrogen (secondary N) is 1. The number of aryl methyl sites for hydroxylation is 2. The minimum Gasteiger partial charge on any atom is -0.491 e. The van der Waals surface area contributed by atoms with E-state index in [4.69, 9.17) is 9.47 Å². The fourth-order valence-corrected chi connectivity index (χ4v) is 4.10. The van der Waals surface area contributed by atoms with Crippen molar-refractivity contribution in [2.24, 2.45) is 0 Å². The van der Waals surface area contributed by atoms with Crippen LogP contribution in [0.4, 0.5) is 0 Å². The van der Waals surface area contributed by atoms with Gasteiger partial charge in [0.1, 0.15) is 24.0 Å². The number of nitriles is 1. The van der Waals surface area contributed by atoms with Crippen LogP contribution in [0.15, 0.2) is 54.2 Å². The Morgan fingerprint density at radius 2 is 2.15 bits per heavy atom. The van der Waals surface area contributed by atoms with Gasteiger partial charge in [0.15, 0.2) is 0 Å². The zero-order chi connectivity index (χ0) is 23.2. The third-order valence-electron chi connectivity index (χ3n) is 5.93. The van der Waals surface area contributed by atoms with E-state index in [0.29, 0.717) is 19.7 Å². The summed E-state index contributed by atoms with van der Waals surface area (Å²) in [5, 5.41) is 13.4. The SMILES string of the molecule is Cc1ccc(C)c(OCCn2cc(/C=C(\C#N)C(=O)NC[C@@H]3CCCO3)c3ccccc32)c1. The lowest BCUT2D eigenvalue weighted by Gasteiger charge is -2.11. The molecule has 0 radical (unpaired) electrons. The molecule has 4 rings (SSSR count). The second kappa shape index (κ2) is 10.4. The molecule has 1 aliphatic heterocycles. The molecule has 0 bridgehead atoms. The van der Waals surface area contributed by atoms with E-state index in [1.165, 1.54) is 0 Å². The summed E-state index contributed by atoms with van der Waals surface area (Å²) in [6, 6.07) is 16.2. The van der Waals surface area contributed by atoms with Crippen LogP contribution in [0.2, 0.25) is 0 Å². The van der Waals surface area contributed by atoms with Gasteiger partial charge in [0.2, 0.25) is 0 Å². The molecule has 1 saturated heterocycles. The van der Waals surface area contributed by atoms with Gasteiger partial charge in [0, 0.05) is 35.8 Å². The highest BCUT2D eigenvalue weighted by Crippen LogP contribution is 2.24. The monoisotopic (exact) mass is 443 g/mol. The number of benzene rings is 2. The van der Waals surface area contributed by atoms with Gasteiger partial charge in [-0.05, 0) is 56.0 Å². The van der Waals surface area contributed by atoms with Gasteiger partial charge in [0.05, 0.1) is 12.6 Å². The Labute approximate surface area is 194 Å². The maximum Gasteiger partial charge on any atom is 0.262 e. The summed E-state index contributed by atoms with van der Waals surface area (Å²) < 4.78 is 13.7. The molecule has 1 aliphatic rings. The van der Waals surface area contributed by atoms with Crippen molar-refractivity contribution in [1.82, 2.24) is 9.88 Å². The Bertz CT molecular complexity index is 1210. The third kappa shape index (κ3) is 5.44. The number of carbonyl (C=O) groups is 1. The van der Waals surface area contributed by atoms with Gasteiger partial charge in [0.25, 0.3) is 5.91 Å². The number of fused-ring (bicyclic) bond motifs is 1. The number of ether oxygens (including phenoxy) is 2. The molecule has 1 N–H and O–H groups in total. The van der Waals surface area contributed by atoms with Crippen LogP contribution in [0.1, 0.15) is 29.5 Å². The maximum absolute atomic E-state index is 12.6. The van der Waals surface area contributed by atoms with Gasteiger partial charge >= 0.3 is 0 Å². The molecule has 1 atom stereocenters. The Kier molecular flexibility index (Phi) is 7.11. The second-order valence-corrected chi connectivity index (χ2v) is 8.43. The molecule has 1 amide bonds. The number of rotatable bonds is 8. The summed E-state index contributed by atoms with van der Waals surface area (Å²) in [6.07, 6.45) is 5.61. The van der Waals surface area contributed by atoms with E-state index in [1.54, 1.807) is 6.08 Å². The second-order valence-electron chi connectivity index (χ2n) is 8.43. The number of para-hydroxylation sites is 1. The molecule has 33 heavy (non-hydrogen) atoms. The quantitative estimate of drug-likeness (QED) is 0.410. The van der Waals surface area contributed by atoms with E-state index in [2.05, 4.69) is 28.1 Å². The largest absolute Gasteiger partial charge is 0.491 e. The van der Waals surface area contributed by atoms with E-state index in [0.717, 1.165) is 52.8 Å². The standard InChI is InChI=1S/C27H29N3O3/c1-19-9-10-20(2)26(14-19)33-13-11-30-18-22(24-7-3-4-8-25(24)30)15-21(16-28)27(31)29-17-23-6-5-12-32-23/h3-4,7-10,14-15,18,23H,5-6,11-13,17H2,1-2H3,(H,29,31)/b21-15+/t23-/m0/s1. The number of carbonyl (C=O) groups excluding carboxylic acids is 1. The number of amides is 1. The fraction of sp³-hybridized carbons (Fsp3) is 0.333. The highest BCUT2D eigenvalue weighted by atomic mass is 16.5. The van der Waals surface area contributed by atoms with Crippen LogP contribution in [0.5, 0.6) is 5.75 Å². The first-order valence-corrected chi connectivity index (χ1v) is 11.3. The van der Waals surface area contributed by atoms with Crippen molar-refractivity contribution in [3.8, 4) is 11.8 Å². The molecule has 6 nitrogen and oxygen atoms in total. The smallest absolute Gasteiger partial charge is 0.262 e. The van der Waals surface area contributed by atoms with Crippen molar-refractivity contribution in [3.05, 3.63) is 70.9 Å². The normalized spacial score (nSPS) is 16.0. The Morgan fingerprint density at radius 3 is 2.94 bits per heavy atom. The maximum atomic E-state index is 12.6. The van der Waals surface area contributed by atoms with Gasteiger partial charge < -0.3 is 19.4 Å². The summed E-state index contributed by atoms with van der Waals surface area (Å²) in [5.41, 5.74) is 4.22. The summed E-state index contributed by atoms with van der Waals surface area (Å²) in [5.74, 6) is 0.518. The third-order valence-corrected chi connectivity index (χ3v) is 5.93. The molecule has 0 aliphatic carbocycles. The number of nitrogens with zero attached hydrogens (tertiary/aromatic N) is 2. The minimum absolute atomic E-state index is 0.0350. The van der Waals surface area contributed by atoms with Gasteiger partial charge in [-0.1, -0.05) is 30.3 Å². The van der Waals surface area contributed by atoms with Crippen LogP contribution in [0, 0.1) is 25.2 Å². The summed E-state index contributed by atoms with van der Waals surface area (Å²) in [7, 11) is 0. The fourth-order valence-electron chi connectivity index (χ4n) is 4.10. The number of aromatic nitrogens is 1. The molecular weight excluding hydrogens is 414 g/mol. The van der Waals surface area contributed by atoms with E-state index >= 15 is 0 Å².